The van der Waals surface area contributed by atoms with Crippen LogP contribution >= 0.6 is 0 Å². The predicted octanol–water partition coefficient (Wildman–Crippen LogP) is -10.5. The summed E-state index contributed by atoms with van der Waals surface area (Å²) in [6, 6.07) is -14.1. The molecule has 6 rings (SSSR count). The van der Waals surface area contributed by atoms with E-state index in [2.05, 4.69) is 79.4 Å². The van der Waals surface area contributed by atoms with Gasteiger partial charge in [0.25, 0.3) is 0 Å². The summed E-state index contributed by atoms with van der Waals surface area (Å²) in [5, 5.41) is 81.2. The molecule has 19 amide bonds. The number of hydrogen-bond donors (Lipinski definition) is 26. The van der Waals surface area contributed by atoms with E-state index in [0.29, 0.717) is 24.8 Å². The fraction of sp³-hybridized carbons (Fsp3) is 0.637. The second-order valence-electron chi connectivity index (χ2n) is 33.0. The number of H-pyrrole nitrogens is 1. The fourth-order valence-corrected chi connectivity index (χ4v) is 15.4. The molecule has 2 aromatic rings. The number of carbonyl (C=O) groups excluding carboxylic acids is 19. The lowest BCUT2D eigenvalue weighted by molar-refractivity contribution is -0.151. The fourth-order valence-electron chi connectivity index (χ4n) is 15.4. The third-order valence-corrected chi connectivity index (χ3v) is 22.7. The molecule has 0 bridgehead atoms. The molecule has 4 fully saturated rings. The number of fused-ring (bicyclic) bond motifs is 1. The van der Waals surface area contributed by atoms with E-state index < -0.39 is 260 Å². The van der Waals surface area contributed by atoms with Crippen LogP contribution in [-0.2, 0) is 97.5 Å². The first kappa shape index (κ1) is 105. The Morgan fingerprint density at radius 1 is 0.488 bits per heavy atom. The Labute approximate surface area is 743 Å². The van der Waals surface area contributed by atoms with E-state index in [1.807, 2.05) is 0 Å². The Hall–Kier alpha value is -12.9. The van der Waals surface area contributed by atoms with Gasteiger partial charge in [-0.1, -0.05) is 39.0 Å². The lowest BCUT2D eigenvalue weighted by Crippen LogP contribution is -2.64. The number of aliphatic hydroxyl groups excluding tert-OH is 3. The third kappa shape index (κ3) is 30.7. The number of aromatic amines is 1. The van der Waals surface area contributed by atoms with Crippen LogP contribution in [0.5, 0.6) is 0 Å². The van der Waals surface area contributed by atoms with Crippen LogP contribution in [0.1, 0.15) is 156 Å². The molecular weight excluding hydrogens is 1690 g/mol. The van der Waals surface area contributed by atoms with Gasteiger partial charge >= 0.3 is 0 Å². The Morgan fingerprint density at radius 3 is 1.48 bits per heavy atom. The molecule has 49 nitrogen and oxygen atoms in total. The van der Waals surface area contributed by atoms with Crippen molar-refractivity contribution in [1.29, 1.82) is 10.8 Å². The number of rotatable bonds is 50. The quantitative estimate of drug-likeness (QED) is 0.0166. The van der Waals surface area contributed by atoms with Gasteiger partial charge in [0.2, 0.25) is 112 Å². The minimum Gasteiger partial charge on any atom is -0.394 e. The smallest absolute Gasteiger partial charge is 0.246 e. The van der Waals surface area contributed by atoms with Crippen molar-refractivity contribution in [2.24, 2.45) is 40.3 Å². The van der Waals surface area contributed by atoms with E-state index in [-0.39, 0.29) is 128 Å². The summed E-state index contributed by atoms with van der Waals surface area (Å²) in [7, 11) is 0. The first-order valence-electron chi connectivity index (χ1n) is 43.0. The van der Waals surface area contributed by atoms with E-state index in [1.54, 1.807) is 51.2 Å². The van der Waals surface area contributed by atoms with Crippen LogP contribution in [-0.4, -0.2) is 326 Å². The number of nitrogens with two attached hydrogens (primary N) is 6. The highest BCUT2D eigenvalue weighted by molar-refractivity contribution is 6.03. The van der Waals surface area contributed by atoms with Gasteiger partial charge in [-0.3, -0.25) is 102 Å². The van der Waals surface area contributed by atoms with Crippen molar-refractivity contribution in [3.8, 4) is 0 Å². The van der Waals surface area contributed by atoms with Crippen molar-refractivity contribution in [3.63, 3.8) is 0 Å². The van der Waals surface area contributed by atoms with Gasteiger partial charge < -0.3 is 149 Å². The zero-order valence-electron chi connectivity index (χ0n) is 73.3. The van der Waals surface area contributed by atoms with Crippen molar-refractivity contribution < 1.29 is 106 Å². The van der Waals surface area contributed by atoms with E-state index in [9.17, 15) is 106 Å². The highest BCUT2D eigenvalue weighted by atomic mass is 16.3. The van der Waals surface area contributed by atoms with Gasteiger partial charge in [0.05, 0.1) is 38.8 Å². The molecule has 0 spiro atoms. The predicted molar refractivity (Wildman–Crippen MR) is 460 cm³/mol. The summed E-state index contributed by atoms with van der Waals surface area (Å²) in [5.41, 5.74) is 32.6. The Kier molecular flexibility index (Phi) is 40.6. The zero-order chi connectivity index (χ0) is 95.8. The Morgan fingerprint density at radius 2 is 0.953 bits per heavy atom. The SMILES string of the molecule is CC[C@](C)(NC(=O)[C@H](Cc1c[nH]c2ccccc12)NC(=O)[C@@H](N)CC(N)=O)C(=O)N[C@@H](CC(C)C)C(=O)N[C@@H](C)C(=O)N[C@@H](CCC(N)=O)C(=O)N[C@@H](CCCNC(=N)N)C(=O)N1CCC[C@H]1C(=O)N[C@@H](CO)C(=O)N[C@@H](CO)C(=O)NCC(=O)N[C@@H](C)C(=O)N1CCC[C@H]1C(=O)N1CCC[C@H]1C(=O)N1CCC[C@H]1C(=O)N[C@@H](CO)C(=O)N[C@@H](CCCNC(=N)N)C(N)=O. The van der Waals surface area contributed by atoms with E-state index >= 15 is 0 Å². The van der Waals surface area contributed by atoms with Gasteiger partial charge in [0.15, 0.2) is 11.9 Å². The molecule has 32 N–H and O–H groups in total. The van der Waals surface area contributed by atoms with E-state index in [0.717, 1.165) is 15.8 Å². The monoisotopic (exact) mass is 1820 g/mol. The van der Waals surface area contributed by atoms with Crippen LogP contribution in [0, 0.1) is 16.7 Å². The average Bonchev–Trinajstić information content (AvgIpc) is 1.65. The standard InChI is InChI=1S/C80H127N27O22/c1-7-80(6,103-70(122)51(98-64(116)45(81)34-60(83)112)33-43-35-91-46-17-9-8-16-44(43)46)77(129)102-50(32-40(2)3)67(119)94-41(4)63(115)96-48(24-25-59(82)111)66(118)97-49(19-11-27-90-79(87)88)74(126)104-28-12-20-55(104)71(123)101-54(39-110)69(121)99-52(37-108)65(117)92-36-61(113)93-42(5)73(125)106-30-14-22-57(106)76(128)107-31-15-23-58(107)75(127)105-29-13-21-56(105)72(124)100-53(38-109)68(120)95-47(62(84)114)18-10-26-89-78(85)86/h8-9,16-17,35,40-42,45,47-58,91,108-110H,7,10-15,18-34,36-39,81H2,1-6H3,(H2,82,111)(H2,83,112)(H2,84,114)(H,92,117)(H,93,113)(H,94,119)(H,95,120)(H,96,115)(H,97,118)(H,98,116)(H,99,121)(H,100,124)(H,101,123)(H,102,129)(H,103,122)(H4,85,86,89)(H4,87,88,90)/t41-,42-,45-,47-,48-,49-,50-,51-,52-,53-,54-,55-,56-,57-,58-,80-/m0/s1. The third-order valence-electron chi connectivity index (χ3n) is 22.7. The Bertz CT molecular complexity index is 4420. The summed E-state index contributed by atoms with van der Waals surface area (Å²) >= 11 is 0. The molecule has 0 saturated carbocycles. The van der Waals surface area contributed by atoms with Crippen molar-refractivity contribution in [1.82, 2.24) is 99.0 Å². The number of carbonyl (C=O) groups is 19. The van der Waals surface area contributed by atoms with Gasteiger partial charge in [-0.25, -0.2) is 0 Å². The summed E-state index contributed by atoms with van der Waals surface area (Å²) in [6.45, 7) is 5.42. The van der Waals surface area contributed by atoms with Crippen LogP contribution in [0.15, 0.2) is 30.5 Å². The molecule has 129 heavy (non-hydrogen) atoms. The largest absolute Gasteiger partial charge is 0.394 e. The number of aliphatic hydroxyl groups is 3. The first-order valence-corrected chi connectivity index (χ1v) is 43.0. The van der Waals surface area contributed by atoms with Crippen LogP contribution in [0.3, 0.4) is 0 Å². The number of amides is 19. The molecule has 0 radical (unpaired) electrons. The average molecular weight is 1820 g/mol. The van der Waals surface area contributed by atoms with Crippen molar-refractivity contribution in [2.45, 2.75) is 253 Å². The Balaban J connectivity index is 1.03. The van der Waals surface area contributed by atoms with Crippen LogP contribution in [0.4, 0.5) is 0 Å². The van der Waals surface area contributed by atoms with Crippen molar-refractivity contribution in [2.75, 3.05) is 65.6 Å². The molecule has 49 heteroatoms. The number of nitrogens with zero attached hydrogens (tertiary/aromatic N) is 4. The molecule has 5 heterocycles. The number of primary amides is 3. The van der Waals surface area contributed by atoms with Crippen molar-refractivity contribution in [3.05, 3.63) is 36.0 Å². The number of likely N-dealkylation sites (tertiary alicyclic amines) is 4. The molecule has 4 saturated heterocycles. The maximum atomic E-state index is 14.7. The summed E-state index contributed by atoms with van der Waals surface area (Å²) < 4.78 is 0. The molecular formula is C80H127N27O22. The summed E-state index contributed by atoms with van der Waals surface area (Å²) in [5.74, 6) is -18.0. The van der Waals surface area contributed by atoms with Gasteiger partial charge in [-0.2, -0.15) is 0 Å². The van der Waals surface area contributed by atoms with Gasteiger partial charge in [0, 0.05) is 69.2 Å². The first-order chi connectivity index (χ1) is 61.0. The maximum absolute atomic E-state index is 14.7. The summed E-state index contributed by atoms with van der Waals surface area (Å²) in [6.07, 6.45) is 1.82. The lowest BCUT2D eigenvalue weighted by Gasteiger charge is -2.34. The normalized spacial score (nSPS) is 19.0. The van der Waals surface area contributed by atoms with E-state index in [4.69, 9.17) is 45.2 Å². The second kappa shape index (κ2) is 50.0. The lowest BCUT2D eigenvalue weighted by atomic mass is 9.94. The highest BCUT2D eigenvalue weighted by Crippen LogP contribution is 2.30. The second-order valence-corrected chi connectivity index (χ2v) is 33.0. The molecule has 1 aromatic carbocycles. The molecule has 4 aliphatic heterocycles. The molecule has 16 atom stereocenters. The van der Waals surface area contributed by atoms with Gasteiger partial charge in [0.1, 0.15) is 90.1 Å². The number of benzene rings is 1. The van der Waals surface area contributed by atoms with Crippen LogP contribution in [0.25, 0.3) is 10.9 Å². The zero-order valence-corrected chi connectivity index (χ0v) is 73.3. The molecule has 1 aromatic heterocycles. The summed E-state index contributed by atoms with van der Waals surface area (Å²) in [4.78, 5) is 268. The minimum absolute atomic E-state index is 0.0209. The van der Waals surface area contributed by atoms with Gasteiger partial charge in [-0.15, -0.1) is 0 Å². The number of hydrogen-bond acceptors (Lipinski definition) is 25. The van der Waals surface area contributed by atoms with Crippen molar-refractivity contribution >= 4 is 135 Å². The number of guanidine groups is 2. The number of aromatic nitrogens is 1. The highest BCUT2D eigenvalue weighted by Gasteiger charge is 2.48. The van der Waals surface area contributed by atoms with Crippen LogP contribution in [0.2, 0.25) is 0 Å². The van der Waals surface area contributed by atoms with Crippen LogP contribution < -0.4 is 109 Å². The molecule has 0 aliphatic carbocycles. The maximum Gasteiger partial charge on any atom is 0.246 e. The number of nitrogens with one attached hydrogen (secondary N) is 17. The molecule has 4 aliphatic rings. The topological polar surface area (TPSA) is 786 Å². The van der Waals surface area contributed by atoms with E-state index in [1.165, 1.54) is 35.5 Å². The number of para-hydroxylation sites is 1. The van der Waals surface area contributed by atoms with Gasteiger partial charge in [-0.05, 0) is 135 Å². The minimum atomic E-state index is -1.86. The molecule has 0 unspecified atom stereocenters. The molecule has 714 valence electrons.